The molecule has 0 aliphatic rings. The molecule has 1 unspecified atom stereocenters. The molecule has 13 nitrogen and oxygen atoms in total. The Morgan fingerprint density at radius 1 is 0.893 bits per heavy atom. The van der Waals surface area contributed by atoms with Crippen molar-refractivity contribution < 1.29 is 59.3 Å². The first kappa shape index (κ1) is 44.2. The van der Waals surface area contributed by atoms with E-state index in [0.29, 0.717) is 65.2 Å². The summed E-state index contributed by atoms with van der Waals surface area (Å²) in [5.74, 6) is 0.383. The molecular weight excluding hydrogens is 799 g/mol. The van der Waals surface area contributed by atoms with E-state index in [1.165, 1.54) is 12.1 Å². The zero-order chi connectivity index (χ0) is 40.9. The number of nitriles is 1. The molecule has 19 heteroatoms. The number of carbonyl (C=O) groups excluding carboxylic acids is 1. The van der Waals surface area contributed by atoms with Gasteiger partial charge in [0.25, 0.3) is 15.9 Å². The van der Waals surface area contributed by atoms with Gasteiger partial charge in [0.2, 0.25) is 0 Å². The SMILES string of the molecule is CCCCOc1cccc(C(=O)NCCOc2cc3cc(S(=O)(=O)NCP(=O)(O)Oc4ccc(C#N)c(C(F)(F)F)c4)sc3cc2OCCC)c1OCCCC. The van der Waals surface area contributed by atoms with Gasteiger partial charge in [-0.15, -0.1) is 11.3 Å². The number of thiophene rings is 1. The highest BCUT2D eigenvalue weighted by molar-refractivity contribution is 7.92. The number of nitrogens with zero attached hydrogens (tertiary/aromatic N) is 1. The molecule has 0 bridgehead atoms. The molecule has 1 amide bonds. The number of hydrogen-bond donors (Lipinski definition) is 3. The second-order valence-electron chi connectivity index (χ2n) is 12.2. The lowest BCUT2D eigenvalue weighted by molar-refractivity contribution is -0.137. The van der Waals surface area contributed by atoms with Gasteiger partial charge in [-0.25, -0.2) is 13.0 Å². The number of alkyl halides is 3. The minimum Gasteiger partial charge on any atom is -0.490 e. The van der Waals surface area contributed by atoms with Crippen LogP contribution in [0.3, 0.4) is 0 Å². The van der Waals surface area contributed by atoms with Gasteiger partial charge in [0.15, 0.2) is 23.0 Å². The summed E-state index contributed by atoms with van der Waals surface area (Å²) in [5, 5.41) is 12.2. The fraction of sp³-hybridized carbons (Fsp3) is 0.405. The molecule has 3 N–H and O–H groups in total. The molecule has 4 rings (SSSR count). The van der Waals surface area contributed by atoms with Crippen molar-refractivity contribution in [3.8, 4) is 34.8 Å². The topological polar surface area (TPSA) is 183 Å². The number of hydrogen-bond acceptors (Lipinski definition) is 11. The minimum absolute atomic E-state index is 0.0186. The summed E-state index contributed by atoms with van der Waals surface area (Å²) < 4.78 is 110. The monoisotopic (exact) mass is 841 g/mol. The number of amides is 1. The third kappa shape index (κ3) is 12.2. The normalized spacial score (nSPS) is 12.8. The molecule has 1 heterocycles. The summed E-state index contributed by atoms with van der Waals surface area (Å²) in [6.07, 6.45) is -1.94. The molecule has 4 aromatic rings. The number of ether oxygens (including phenoxy) is 4. The molecule has 0 radical (unpaired) electrons. The van der Waals surface area contributed by atoms with Crippen LogP contribution >= 0.6 is 18.9 Å². The number of sulfonamides is 1. The fourth-order valence-electron chi connectivity index (χ4n) is 4.96. The van der Waals surface area contributed by atoms with Gasteiger partial charge in [0, 0.05) is 10.8 Å². The number of carbonyl (C=O) groups is 1. The van der Waals surface area contributed by atoms with E-state index in [9.17, 15) is 35.8 Å². The van der Waals surface area contributed by atoms with E-state index < -0.39 is 47.0 Å². The highest BCUT2D eigenvalue weighted by atomic mass is 32.2. The van der Waals surface area contributed by atoms with Gasteiger partial charge in [-0.3, -0.25) is 4.79 Å². The average Bonchev–Trinajstić information content (AvgIpc) is 3.59. The zero-order valence-corrected chi connectivity index (χ0v) is 33.5. The Hall–Kier alpha value is -4.53. The molecule has 304 valence electrons. The van der Waals surface area contributed by atoms with Crippen LogP contribution in [0.25, 0.3) is 10.1 Å². The van der Waals surface area contributed by atoms with E-state index in [-0.39, 0.29) is 29.0 Å². The number of fused-ring (bicyclic) bond motifs is 1. The first-order chi connectivity index (χ1) is 26.6. The Labute approximate surface area is 327 Å². The molecule has 0 saturated carbocycles. The van der Waals surface area contributed by atoms with E-state index in [2.05, 4.69) is 12.2 Å². The van der Waals surface area contributed by atoms with Crippen molar-refractivity contribution in [2.45, 2.75) is 63.3 Å². The maximum absolute atomic E-state index is 13.3. The second kappa shape index (κ2) is 20.1. The van der Waals surface area contributed by atoms with Crippen molar-refractivity contribution in [2.24, 2.45) is 0 Å². The van der Waals surface area contributed by atoms with Crippen molar-refractivity contribution in [1.82, 2.24) is 10.0 Å². The largest absolute Gasteiger partial charge is 0.490 e. The van der Waals surface area contributed by atoms with E-state index in [4.69, 9.17) is 28.7 Å². The molecule has 3 aromatic carbocycles. The number of unbranched alkanes of at least 4 members (excludes halogenated alkanes) is 2. The Morgan fingerprint density at radius 3 is 2.25 bits per heavy atom. The Kier molecular flexibility index (Phi) is 15.8. The predicted octanol–water partition coefficient (Wildman–Crippen LogP) is 8.25. The summed E-state index contributed by atoms with van der Waals surface area (Å²) in [6, 6.07) is 13.1. The van der Waals surface area contributed by atoms with Crippen LogP contribution in [0.4, 0.5) is 13.2 Å². The first-order valence-corrected chi connectivity index (χ1v) is 21.8. The van der Waals surface area contributed by atoms with Gasteiger partial charge >= 0.3 is 13.8 Å². The van der Waals surface area contributed by atoms with Gasteiger partial charge < -0.3 is 33.7 Å². The van der Waals surface area contributed by atoms with Crippen molar-refractivity contribution >= 4 is 44.9 Å². The highest BCUT2D eigenvalue weighted by Gasteiger charge is 2.35. The Bertz CT molecular complexity index is 2170. The molecule has 1 aromatic heterocycles. The third-order valence-corrected chi connectivity index (χ3v) is 12.0. The van der Waals surface area contributed by atoms with Crippen molar-refractivity contribution in [3.63, 3.8) is 0 Å². The van der Waals surface area contributed by atoms with Crippen molar-refractivity contribution in [2.75, 3.05) is 39.3 Å². The van der Waals surface area contributed by atoms with Gasteiger partial charge in [-0.1, -0.05) is 39.7 Å². The second-order valence-corrected chi connectivity index (χ2v) is 17.1. The van der Waals surface area contributed by atoms with Crippen LogP contribution in [0.2, 0.25) is 0 Å². The van der Waals surface area contributed by atoms with Gasteiger partial charge in [0.05, 0.1) is 49.1 Å². The first-order valence-electron chi connectivity index (χ1n) is 17.7. The molecule has 0 aliphatic heterocycles. The van der Waals surface area contributed by atoms with Crippen LogP contribution in [0.15, 0.2) is 58.8 Å². The van der Waals surface area contributed by atoms with Crippen LogP contribution in [-0.2, 0) is 20.8 Å². The van der Waals surface area contributed by atoms with E-state index in [1.54, 1.807) is 30.3 Å². The molecule has 0 aliphatic carbocycles. The number of rotatable bonds is 22. The summed E-state index contributed by atoms with van der Waals surface area (Å²) >= 11 is 0.836. The number of halogens is 3. The standard InChI is InChI=1S/C37H43F3N3O10PS2/c1-4-7-16-50-30-11-9-10-28(35(30)52-17-8-5-2)36(44)42-14-18-51-31-19-26-20-34(55-33(26)22-32(31)49-15-6-3)56(47,48)43-24-54(45,46)53-27-13-12-25(23-41)29(21-27)37(38,39)40/h9-13,19-22,43H,4-8,14-18,24H2,1-3H3,(H,42,44)(H,45,46). The molecule has 1 atom stereocenters. The summed E-state index contributed by atoms with van der Waals surface area (Å²) in [7, 11) is -9.30. The minimum atomic E-state index is -4.95. The predicted molar refractivity (Wildman–Crippen MR) is 204 cm³/mol. The summed E-state index contributed by atoms with van der Waals surface area (Å²) in [4.78, 5) is 23.6. The molecular formula is C37H43F3N3O10PS2. The maximum Gasteiger partial charge on any atom is 0.417 e. The summed E-state index contributed by atoms with van der Waals surface area (Å²) in [5.41, 5.74) is -1.78. The van der Waals surface area contributed by atoms with Gasteiger partial charge in [0.1, 0.15) is 22.9 Å². The Balaban J connectivity index is 1.45. The molecule has 0 fully saturated rings. The number of benzene rings is 3. The number of nitrogens with one attached hydrogen (secondary N) is 2. The average molecular weight is 842 g/mol. The lowest BCUT2D eigenvalue weighted by Gasteiger charge is -2.17. The lowest BCUT2D eigenvalue weighted by atomic mass is 10.1. The van der Waals surface area contributed by atoms with Crippen LogP contribution < -0.4 is 33.5 Å². The van der Waals surface area contributed by atoms with Crippen LogP contribution in [-0.4, -0.2) is 58.5 Å². The van der Waals surface area contributed by atoms with Crippen molar-refractivity contribution in [1.29, 1.82) is 5.26 Å². The molecule has 0 spiro atoms. The van der Waals surface area contributed by atoms with Crippen LogP contribution in [0.1, 0.15) is 74.4 Å². The smallest absolute Gasteiger partial charge is 0.417 e. The van der Waals surface area contributed by atoms with E-state index in [1.807, 2.05) is 18.6 Å². The van der Waals surface area contributed by atoms with Gasteiger partial charge in [-0.2, -0.15) is 23.2 Å². The number of para-hydroxylation sites is 1. The Morgan fingerprint density at radius 2 is 1.57 bits per heavy atom. The van der Waals surface area contributed by atoms with E-state index in [0.717, 1.165) is 49.2 Å². The lowest BCUT2D eigenvalue weighted by Crippen LogP contribution is -2.28. The van der Waals surface area contributed by atoms with Crippen molar-refractivity contribution in [3.05, 3.63) is 71.3 Å². The van der Waals surface area contributed by atoms with Crippen LogP contribution in [0.5, 0.6) is 28.7 Å². The van der Waals surface area contributed by atoms with Gasteiger partial charge in [-0.05, 0) is 67.1 Å². The third-order valence-electron chi connectivity index (χ3n) is 7.77. The fourth-order valence-corrected chi connectivity index (χ4v) is 8.92. The maximum atomic E-state index is 13.3. The molecule has 56 heavy (non-hydrogen) atoms. The summed E-state index contributed by atoms with van der Waals surface area (Å²) in [6.45, 7) is 7.33. The van der Waals surface area contributed by atoms with E-state index >= 15 is 0 Å². The quantitative estimate of drug-likeness (QED) is 0.0512. The highest BCUT2D eigenvalue weighted by Crippen LogP contribution is 2.44. The van der Waals surface area contributed by atoms with Crippen LogP contribution in [0, 0.1) is 11.3 Å². The zero-order valence-electron chi connectivity index (χ0n) is 30.9. The molecule has 0 saturated heterocycles.